The van der Waals surface area contributed by atoms with E-state index in [4.69, 9.17) is 34.8 Å². The molecule has 1 aromatic carbocycles. The first-order chi connectivity index (χ1) is 5.97. The highest BCUT2D eigenvalue weighted by Gasteiger charge is 2.16. The van der Waals surface area contributed by atoms with Crippen LogP contribution in [0.3, 0.4) is 0 Å². The van der Waals surface area contributed by atoms with Gasteiger partial charge in [-0.15, -0.1) is 11.6 Å². The summed E-state index contributed by atoms with van der Waals surface area (Å²) in [6, 6.07) is 4.21. The predicted octanol–water partition coefficient (Wildman–Crippen LogP) is 2.96. The zero-order chi connectivity index (χ0) is 10.1. The molecule has 6 heteroatoms. The quantitative estimate of drug-likeness (QED) is 0.765. The summed E-state index contributed by atoms with van der Waals surface area (Å²) in [6.07, 6.45) is 0. The molecule has 1 rings (SSSR count). The highest BCUT2D eigenvalue weighted by Crippen LogP contribution is 2.26. The van der Waals surface area contributed by atoms with Crippen LogP contribution >= 0.6 is 34.8 Å². The monoisotopic (exact) mass is 258 g/mol. The second-order valence-corrected chi connectivity index (χ2v) is 5.68. The first-order valence-electron chi connectivity index (χ1n) is 3.21. The van der Waals surface area contributed by atoms with Gasteiger partial charge in [0.05, 0.1) is 9.92 Å². The van der Waals surface area contributed by atoms with Gasteiger partial charge in [0.25, 0.3) is 0 Å². The minimum atomic E-state index is -3.50. The van der Waals surface area contributed by atoms with Crippen LogP contribution in [0.5, 0.6) is 0 Å². The lowest BCUT2D eigenvalue weighted by Gasteiger charge is -2.02. The lowest BCUT2D eigenvalue weighted by atomic mass is 10.4. The fourth-order valence-electron chi connectivity index (χ4n) is 0.774. The van der Waals surface area contributed by atoms with Crippen LogP contribution in [0.15, 0.2) is 23.1 Å². The van der Waals surface area contributed by atoms with Crippen molar-refractivity contribution in [3.05, 3.63) is 28.2 Å². The van der Waals surface area contributed by atoms with Gasteiger partial charge in [-0.3, -0.25) is 0 Å². The molecule has 0 amide bonds. The van der Waals surface area contributed by atoms with E-state index in [1.807, 2.05) is 0 Å². The highest BCUT2D eigenvalue weighted by atomic mass is 35.5. The molecule has 0 saturated carbocycles. The van der Waals surface area contributed by atoms with Gasteiger partial charge in [0, 0.05) is 5.02 Å². The van der Waals surface area contributed by atoms with Crippen LogP contribution in [0.1, 0.15) is 0 Å². The van der Waals surface area contributed by atoms with E-state index in [1.54, 1.807) is 0 Å². The van der Waals surface area contributed by atoms with Crippen LogP contribution in [0.2, 0.25) is 10.0 Å². The Hall–Kier alpha value is 0.0400. The Kier molecular flexibility index (Phi) is 3.46. The lowest BCUT2D eigenvalue weighted by Crippen LogP contribution is -2.02. The third kappa shape index (κ3) is 2.50. The largest absolute Gasteiger partial charge is 0.222 e. The molecule has 0 unspecified atom stereocenters. The van der Waals surface area contributed by atoms with Gasteiger partial charge in [-0.1, -0.05) is 23.2 Å². The molecule has 0 aliphatic rings. The topological polar surface area (TPSA) is 34.1 Å². The number of alkyl halides is 1. The smallest absolute Gasteiger partial charge is 0.193 e. The van der Waals surface area contributed by atoms with E-state index in [0.29, 0.717) is 5.02 Å². The molecule has 13 heavy (non-hydrogen) atoms. The second-order valence-electron chi connectivity index (χ2n) is 2.30. The molecule has 0 radical (unpaired) electrons. The van der Waals surface area contributed by atoms with Gasteiger partial charge in [0.1, 0.15) is 5.21 Å². The van der Waals surface area contributed by atoms with Gasteiger partial charge in [-0.2, -0.15) is 0 Å². The fraction of sp³-hybridized carbons (Fsp3) is 0.143. The minimum Gasteiger partial charge on any atom is -0.222 e. The summed E-state index contributed by atoms with van der Waals surface area (Å²) in [5.74, 6) is 0. The Morgan fingerprint density at radius 1 is 1.23 bits per heavy atom. The number of hydrogen-bond donors (Lipinski definition) is 0. The van der Waals surface area contributed by atoms with Gasteiger partial charge in [-0.25, -0.2) is 8.42 Å². The lowest BCUT2D eigenvalue weighted by molar-refractivity contribution is 0.600. The van der Waals surface area contributed by atoms with Crippen molar-refractivity contribution < 1.29 is 8.42 Å². The van der Waals surface area contributed by atoms with Gasteiger partial charge < -0.3 is 0 Å². The molecule has 72 valence electrons. The third-order valence-electron chi connectivity index (χ3n) is 1.37. The van der Waals surface area contributed by atoms with Gasteiger partial charge >= 0.3 is 0 Å². The normalized spacial score (nSPS) is 11.6. The molecule has 0 saturated heterocycles. The Labute approximate surface area is 91.3 Å². The van der Waals surface area contributed by atoms with Crippen molar-refractivity contribution in [2.45, 2.75) is 4.90 Å². The first kappa shape index (κ1) is 11.1. The van der Waals surface area contributed by atoms with E-state index >= 15 is 0 Å². The van der Waals surface area contributed by atoms with E-state index in [0.717, 1.165) is 0 Å². The molecular formula is C7H5Cl3O2S. The zero-order valence-electron chi connectivity index (χ0n) is 6.30. The summed E-state index contributed by atoms with van der Waals surface area (Å²) in [7, 11) is -3.50. The Morgan fingerprint density at radius 3 is 2.38 bits per heavy atom. The van der Waals surface area contributed by atoms with Crippen LogP contribution in [0.25, 0.3) is 0 Å². The standard InChI is InChI=1S/C7H5Cl3O2S/c8-4-13(11,12)7-3-5(9)1-2-6(7)10/h1-3H,4H2. The molecule has 0 N–H and O–H groups in total. The highest BCUT2D eigenvalue weighted by molar-refractivity contribution is 7.92. The van der Waals surface area contributed by atoms with Crippen LogP contribution < -0.4 is 0 Å². The Morgan fingerprint density at radius 2 is 1.85 bits per heavy atom. The maximum atomic E-state index is 11.3. The average Bonchev–Trinajstić information content (AvgIpc) is 2.09. The van der Waals surface area contributed by atoms with E-state index < -0.39 is 15.0 Å². The van der Waals surface area contributed by atoms with Crippen molar-refractivity contribution >= 4 is 44.6 Å². The van der Waals surface area contributed by atoms with Crippen molar-refractivity contribution in [2.24, 2.45) is 0 Å². The maximum Gasteiger partial charge on any atom is 0.193 e. The van der Waals surface area contributed by atoms with Crippen molar-refractivity contribution in [1.82, 2.24) is 0 Å². The maximum absolute atomic E-state index is 11.3. The van der Waals surface area contributed by atoms with E-state index in [2.05, 4.69) is 0 Å². The number of halogens is 3. The number of hydrogen-bond acceptors (Lipinski definition) is 2. The molecular weight excluding hydrogens is 255 g/mol. The first-order valence-corrected chi connectivity index (χ1v) is 6.15. The summed E-state index contributed by atoms with van der Waals surface area (Å²) < 4.78 is 22.6. The summed E-state index contributed by atoms with van der Waals surface area (Å²) in [5, 5.41) is -0.0642. The number of sulfone groups is 1. The van der Waals surface area contributed by atoms with Crippen LogP contribution in [-0.2, 0) is 9.84 Å². The van der Waals surface area contributed by atoms with E-state index in [-0.39, 0.29) is 9.92 Å². The van der Waals surface area contributed by atoms with Crippen LogP contribution in [0.4, 0.5) is 0 Å². The van der Waals surface area contributed by atoms with Crippen molar-refractivity contribution in [3.63, 3.8) is 0 Å². The number of benzene rings is 1. The fourth-order valence-corrected chi connectivity index (χ4v) is 2.62. The molecule has 2 nitrogen and oxygen atoms in total. The molecule has 0 heterocycles. The molecule has 0 aromatic heterocycles. The van der Waals surface area contributed by atoms with E-state index in [1.165, 1.54) is 18.2 Å². The average molecular weight is 260 g/mol. The van der Waals surface area contributed by atoms with Crippen molar-refractivity contribution in [2.75, 3.05) is 5.21 Å². The summed E-state index contributed by atoms with van der Waals surface area (Å²) >= 11 is 16.5. The van der Waals surface area contributed by atoms with Gasteiger partial charge in [-0.05, 0) is 18.2 Å². The summed E-state index contributed by atoms with van der Waals surface area (Å²) in [5.41, 5.74) is 0. The zero-order valence-corrected chi connectivity index (χ0v) is 9.38. The Balaban J connectivity index is 3.38. The van der Waals surface area contributed by atoms with Crippen LogP contribution in [-0.4, -0.2) is 13.6 Å². The number of rotatable bonds is 2. The second kappa shape index (κ2) is 4.05. The molecule has 0 fully saturated rings. The minimum absolute atomic E-state index is 0.0309. The third-order valence-corrected chi connectivity index (χ3v) is 4.21. The van der Waals surface area contributed by atoms with Crippen LogP contribution in [0, 0.1) is 0 Å². The molecule has 0 aliphatic heterocycles. The van der Waals surface area contributed by atoms with Gasteiger partial charge in [0.2, 0.25) is 0 Å². The molecule has 1 aromatic rings. The predicted molar refractivity (Wildman–Crippen MR) is 54.4 cm³/mol. The Bertz CT molecular complexity index is 414. The molecule has 0 spiro atoms. The van der Waals surface area contributed by atoms with Crippen molar-refractivity contribution in [3.8, 4) is 0 Å². The molecule has 0 aliphatic carbocycles. The molecule has 0 bridgehead atoms. The summed E-state index contributed by atoms with van der Waals surface area (Å²) in [4.78, 5) is -0.0309. The van der Waals surface area contributed by atoms with Gasteiger partial charge in [0.15, 0.2) is 9.84 Å². The van der Waals surface area contributed by atoms with E-state index in [9.17, 15) is 8.42 Å². The molecule has 0 atom stereocenters. The van der Waals surface area contributed by atoms with Crippen molar-refractivity contribution in [1.29, 1.82) is 0 Å². The SMILES string of the molecule is O=S(=O)(CCl)c1cc(Cl)ccc1Cl. The summed E-state index contributed by atoms with van der Waals surface area (Å²) in [6.45, 7) is 0.